The quantitative estimate of drug-likeness (QED) is 0.858. The van der Waals surface area contributed by atoms with E-state index in [4.69, 9.17) is 17.3 Å². The molecule has 2 N–H and O–H groups in total. The first kappa shape index (κ1) is 13.5. The van der Waals surface area contributed by atoms with Crippen molar-refractivity contribution >= 4 is 27.5 Å². The van der Waals surface area contributed by atoms with Crippen LogP contribution < -0.4 is 5.73 Å². The fourth-order valence-corrected chi connectivity index (χ4v) is 2.27. The molecule has 0 atom stereocenters. The lowest BCUT2D eigenvalue weighted by atomic mass is 10.2. The van der Waals surface area contributed by atoms with Gasteiger partial charge in [0.15, 0.2) is 0 Å². The lowest BCUT2D eigenvalue weighted by Crippen LogP contribution is -1.99. The lowest BCUT2D eigenvalue weighted by Gasteiger charge is -2.04. The fourth-order valence-electron chi connectivity index (χ4n) is 1.65. The summed E-state index contributed by atoms with van der Waals surface area (Å²) >= 11 is 9.50. The number of rotatable bonds is 5. The van der Waals surface area contributed by atoms with E-state index >= 15 is 0 Å². The predicted octanol–water partition coefficient (Wildman–Crippen LogP) is 2.96. The Balaban J connectivity index is 2.16. The van der Waals surface area contributed by atoms with Crippen molar-refractivity contribution in [2.24, 2.45) is 5.73 Å². The Labute approximate surface area is 119 Å². The van der Waals surface area contributed by atoms with E-state index in [1.807, 2.05) is 24.4 Å². The van der Waals surface area contributed by atoms with Gasteiger partial charge in [-0.25, -0.2) is 4.68 Å². The Morgan fingerprint density at radius 3 is 2.94 bits per heavy atom. The maximum Gasteiger partial charge on any atom is 0.0831 e. The minimum atomic E-state index is 0.660. The third-order valence-electron chi connectivity index (χ3n) is 2.61. The molecule has 0 aliphatic carbocycles. The van der Waals surface area contributed by atoms with Gasteiger partial charge in [-0.2, -0.15) is 0 Å². The highest BCUT2D eigenvalue weighted by atomic mass is 79.9. The molecule has 96 valence electrons. The highest BCUT2D eigenvalue weighted by Crippen LogP contribution is 2.28. The minimum Gasteiger partial charge on any atom is -0.330 e. The molecule has 0 saturated carbocycles. The zero-order valence-corrected chi connectivity index (χ0v) is 12.2. The first-order valence-electron chi connectivity index (χ1n) is 5.78. The summed E-state index contributed by atoms with van der Waals surface area (Å²) < 4.78 is 2.55. The van der Waals surface area contributed by atoms with Crippen LogP contribution >= 0.6 is 27.5 Å². The number of nitrogens with two attached hydrogens (primary N) is 1. The second kappa shape index (κ2) is 6.31. The first-order chi connectivity index (χ1) is 8.72. The van der Waals surface area contributed by atoms with E-state index < -0.39 is 0 Å². The Morgan fingerprint density at radius 1 is 1.33 bits per heavy atom. The zero-order chi connectivity index (χ0) is 13.0. The molecule has 0 saturated heterocycles. The molecule has 0 amide bonds. The van der Waals surface area contributed by atoms with Crippen molar-refractivity contribution in [3.8, 4) is 5.69 Å². The van der Waals surface area contributed by atoms with E-state index in [1.54, 1.807) is 4.68 Å². The van der Waals surface area contributed by atoms with Crippen LogP contribution in [0.2, 0.25) is 5.02 Å². The standard InChI is InChI=1S/C12H14BrClN4/c13-12-10(14)5-3-6-11(12)18-8-9(16-17-18)4-1-2-7-15/h3,5-6,8H,1-2,4,7,15H2. The van der Waals surface area contributed by atoms with Crippen molar-refractivity contribution in [3.05, 3.63) is 39.6 Å². The molecule has 2 rings (SSSR count). The Morgan fingerprint density at radius 2 is 2.17 bits per heavy atom. The van der Waals surface area contributed by atoms with Crippen LogP contribution in [0, 0.1) is 0 Å². The topological polar surface area (TPSA) is 56.7 Å². The summed E-state index contributed by atoms with van der Waals surface area (Å²) in [6.45, 7) is 0.716. The van der Waals surface area contributed by atoms with Gasteiger partial charge >= 0.3 is 0 Å². The van der Waals surface area contributed by atoms with E-state index in [0.717, 1.165) is 35.1 Å². The molecule has 6 heteroatoms. The summed E-state index contributed by atoms with van der Waals surface area (Å²) in [6.07, 6.45) is 4.86. The van der Waals surface area contributed by atoms with Crippen LogP contribution in [0.15, 0.2) is 28.9 Å². The maximum atomic E-state index is 6.05. The van der Waals surface area contributed by atoms with Crippen LogP contribution in [0.25, 0.3) is 5.69 Å². The van der Waals surface area contributed by atoms with Crippen molar-refractivity contribution in [1.29, 1.82) is 0 Å². The van der Waals surface area contributed by atoms with Gasteiger partial charge in [-0.3, -0.25) is 0 Å². The highest BCUT2D eigenvalue weighted by molar-refractivity contribution is 9.10. The summed E-state index contributed by atoms with van der Waals surface area (Å²) in [4.78, 5) is 0. The van der Waals surface area contributed by atoms with E-state index in [2.05, 4.69) is 26.2 Å². The summed E-state index contributed by atoms with van der Waals surface area (Å²) in [5, 5.41) is 8.92. The van der Waals surface area contributed by atoms with Gasteiger partial charge in [-0.05, 0) is 53.9 Å². The van der Waals surface area contributed by atoms with E-state index in [1.165, 1.54) is 0 Å². The third-order valence-corrected chi connectivity index (χ3v) is 3.98. The summed E-state index contributed by atoms with van der Waals surface area (Å²) in [6, 6.07) is 5.65. The van der Waals surface area contributed by atoms with E-state index in [0.29, 0.717) is 11.6 Å². The molecule has 0 aliphatic heterocycles. The molecule has 0 spiro atoms. The maximum absolute atomic E-state index is 6.05. The number of aryl methyl sites for hydroxylation is 1. The van der Waals surface area contributed by atoms with Crippen molar-refractivity contribution in [1.82, 2.24) is 15.0 Å². The molecule has 0 radical (unpaired) electrons. The molecule has 0 fully saturated rings. The molecule has 0 bridgehead atoms. The summed E-state index contributed by atoms with van der Waals surface area (Å²) in [7, 11) is 0. The van der Waals surface area contributed by atoms with Crippen molar-refractivity contribution in [3.63, 3.8) is 0 Å². The highest BCUT2D eigenvalue weighted by Gasteiger charge is 2.08. The van der Waals surface area contributed by atoms with Gasteiger partial charge in [0.25, 0.3) is 0 Å². The number of nitrogens with zero attached hydrogens (tertiary/aromatic N) is 3. The second-order valence-electron chi connectivity index (χ2n) is 3.97. The molecule has 1 aromatic carbocycles. The fraction of sp³-hybridized carbons (Fsp3) is 0.333. The molecule has 1 heterocycles. The molecule has 0 aliphatic rings. The number of hydrogen-bond acceptors (Lipinski definition) is 3. The number of halogens is 2. The molecule has 18 heavy (non-hydrogen) atoms. The zero-order valence-electron chi connectivity index (χ0n) is 9.81. The number of benzene rings is 1. The van der Waals surface area contributed by atoms with Crippen LogP contribution in [0.3, 0.4) is 0 Å². The van der Waals surface area contributed by atoms with E-state index in [9.17, 15) is 0 Å². The normalized spacial score (nSPS) is 10.8. The summed E-state index contributed by atoms with van der Waals surface area (Å²) in [5.41, 5.74) is 7.32. The molecular weight excluding hydrogens is 316 g/mol. The lowest BCUT2D eigenvalue weighted by molar-refractivity contribution is 0.727. The monoisotopic (exact) mass is 328 g/mol. The van der Waals surface area contributed by atoms with Gasteiger partial charge in [0, 0.05) is 0 Å². The van der Waals surface area contributed by atoms with Gasteiger partial charge in [-0.1, -0.05) is 22.9 Å². The average Bonchev–Trinajstić information content (AvgIpc) is 2.82. The third kappa shape index (κ3) is 3.10. The van der Waals surface area contributed by atoms with Gasteiger partial charge in [0.2, 0.25) is 0 Å². The Hall–Kier alpha value is -0.910. The molecular formula is C12H14BrClN4. The SMILES string of the molecule is NCCCCc1cn(-c2cccc(Cl)c2Br)nn1. The van der Waals surface area contributed by atoms with E-state index in [-0.39, 0.29) is 0 Å². The molecule has 4 nitrogen and oxygen atoms in total. The number of unbranched alkanes of at least 4 members (excludes halogenated alkanes) is 1. The second-order valence-corrected chi connectivity index (χ2v) is 5.17. The van der Waals surface area contributed by atoms with Gasteiger partial charge in [0.1, 0.15) is 0 Å². The van der Waals surface area contributed by atoms with Crippen LogP contribution in [0.1, 0.15) is 18.5 Å². The van der Waals surface area contributed by atoms with Crippen LogP contribution in [-0.2, 0) is 6.42 Å². The average molecular weight is 330 g/mol. The molecule has 0 unspecified atom stereocenters. The summed E-state index contributed by atoms with van der Waals surface area (Å²) in [5.74, 6) is 0. The van der Waals surface area contributed by atoms with Crippen LogP contribution in [0.5, 0.6) is 0 Å². The van der Waals surface area contributed by atoms with Crippen molar-refractivity contribution in [2.75, 3.05) is 6.54 Å². The Kier molecular flexibility index (Phi) is 4.74. The predicted molar refractivity (Wildman–Crippen MR) is 76.1 cm³/mol. The minimum absolute atomic E-state index is 0.660. The molecule has 1 aromatic heterocycles. The first-order valence-corrected chi connectivity index (χ1v) is 6.95. The smallest absolute Gasteiger partial charge is 0.0831 e. The Bertz CT molecular complexity index is 527. The van der Waals surface area contributed by atoms with Gasteiger partial charge in [0.05, 0.1) is 27.1 Å². The van der Waals surface area contributed by atoms with Gasteiger partial charge in [-0.15, -0.1) is 5.10 Å². The van der Waals surface area contributed by atoms with Crippen LogP contribution in [0.4, 0.5) is 0 Å². The van der Waals surface area contributed by atoms with Gasteiger partial charge < -0.3 is 5.73 Å². The van der Waals surface area contributed by atoms with Crippen LogP contribution in [-0.4, -0.2) is 21.5 Å². The number of aromatic nitrogens is 3. The van der Waals surface area contributed by atoms with Crippen molar-refractivity contribution in [2.45, 2.75) is 19.3 Å². The largest absolute Gasteiger partial charge is 0.330 e. The number of hydrogen-bond donors (Lipinski definition) is 1. The van der Waals surface area contributed by atoms with Crippen molar-refractivity contribution < 1.29 is 0 Å². The molecule has 2 aromatic rings.